The van der Waals surface area contributed by atoms with E-state index in [-0.39, 0.29) is 17.0 Å². The molecule has 2 aromatic carbocycles. The van der Waals surface area contributed by atoms with Gasteiger partial charge in [-0.15, -0.1) is 5.10 Å². The van der Waals surface area contributed by atoms with E-state index < -0.39 is 24.2 Å². The predicted molar refractivity (Wildman–Crippen MR) is 88.9 cm³/mol. The Balaban J connectivity index is 1.63. The first-order chi connectivity index (χ1) is 12.6. The van der Waals surface area contributed by atoms with Crippen molar-refractivity contribution in [1.29, 1.82) is 0 Å². The molecule has 0 saturated heterocycles. The van der Waals surface area contributed by atoms with Crippen LogP contribution >= 0.6 is 0 Å². The number of methoxy groups -OCH3 is 1. The zero-order valence-corrected chi connectivity index (χ0v) is 13.8. The van der Waals surface area contributed by atoms with Gasteiger partial charge in [0.15, 0.2) is 29.7 Å². The Morgan fingerprint density at radius 1 is 1.15 bits per heavy atom. The van der Waals surface area contributed by atoms with Crippen LogP contribution in [0.4, 0.5) is 4.39 Å². The minimum absolute atomic E-state index is 0.0241. The summed E-state index contributed by atoms with van der Waals surface area (Å²) in [6, 6.07) is 12.8. The van der Waals surface area contributed by atoms with E-state index in [2.05, 4.69) is 10.2 Å². The number of hydrogen-bond acceptors (Lipinski definition) is 6. The highest BCUT2D eigenvalue weighted by Gasteiger charge is 2.16. The molecule has 3 aromatic rings. The highest BCUT2D eigenvalue weighted by atomic mass is 19.1. The van der Waals surface area contributed by atoms with Crippen molar-refractivity contribution in [3.63, 3.8) is 0 Å². The average Bonchev–Trinajstić information content (AvgIpc) is 3.17. The predicted octanol–water partition coefficient (Wildman–Crippen LogP) is 2.45. The molecule has 26 heavy (non-hydrogen) atoms. The van der Waals surface area contributed by atoms with Gasteiger partial charge in [-0.25, -0.2) is 9.18 Å². The Bertz CT molecular complexity index is 941. The Kier molecular flexibility index (Phi) is 5.02. The first kappa shape index (κ1) is 17.3. The first-order valence-corrected chi connectivity index (χ1v) is 7.60. The van der Waals surface area contributed by atoms with Gasteiger partial charge in [-0.3, -0.25) is 4.79 Å². The Morgan fingerprint density at radius 2 is 1.92 bits per heavy atom. The van der Waals surface area contributed by atoms with E-state index in [0.29, 0.717) is 5.69 Å². The average molecular weight is 355 g/mol. The topological polar surface area (TPSA) is 83.3 Å². The molecule has 0 saturated carbocycles. The molecule has 0 N–H and O–H groups in total. The van der Waals surface area contributed by atoms with Crippen LogP contribution in [0.5, 0.6) is 5.75 Å². The number of nitrogens with zero attached hydrogens (tertiary/aromatic N) is 3. The highest BCUT2D eigenvalue weighted by Crippen LogP contribution is 2.18. The lowest BCUT2D eigenvalue weighted by Gasteiger charge is -2.05. The third-order valence-electron chi connectivity index (χ3n) is 3.50. The number of hydrogen-bond donors (Lipinski definition) is 0. The molecule has 0 aliphatic heterocycles. The zero-order chi connectivity index (χ0) is 18.5. The number of Topliss-reactive ketones (excluding diaryl/α,β-unsaturated/α-hetero) is 1. The standard InChI is InChI=1S/C18H14FN3O4/c1-25-17-8-7-12(9-14(17)19)16(23)11-26-18(24)15-10-20-22(21-15)13-5-3-2-4-6-13/h2-10H,11H2,1H3. The lowest BCUT2D eigenvalue weighted by Crippen LogP contribution is -2.15. The van der Waals surface area contributed by atoms with Gasteiger partial charge in [0, 0.05) is 5.56 Å². The molecule has 7 nitrogen and oxygen atoms in total. The summed E-state index contributed by atoms with van der Waals surface area (Å²) >= 11 is 0. The number of ketones is 1. The second kappa shape index (κ2) is 7.56. The summed E-state index contributed by atoms with van der Waals surface area (Å²) in [6.45, 7) is -0.539. The van der Waals surface area contributed by atoms with Crippen molar-refractivity contribution in [3.8, 4) is 11.4 Å². The third kappa shape index (κ3) is 3.75. The van der Waals surface area contributed by atoms with Crippen molar-refractivity contribution in [2.75, 3.05) is 13.7 Å². The molecule has 132 valence electrons. The largest absolute Gasteiger partial charge is 0.494 e. The molecule has 0 unspecified atom stereocenters. The first-order valence-electron chi connectivity index (χ1n) is 7.60. The molecule has 0 radical (unpaired) electrons. The van der Waals surface area contributed by atoms with E-state index >= 15 is 0 Å². The second-order valence-corrected chi connectivity index (χ2v) is 5.20. The highest BCUT2D eigenvalue weighted by molar-refractivity contribution is 5.99. The van der Waals surface area contributed by atoms with Gasteiger partial charge in [0.25, 0.3) is 0 Å². The lowest BCUT2D eigenvalue weighted by molar-refractivity contribution is 0.0468. The fraction of sp³-hybridized carbons (Fsp3) is 0.111. The minimum Gasteiger partial charge on any atom is -0.494 e. The number of para-hydroxylation sites is 1. The summed E-state index contributed by atoms with van der Waals surface area (Å²) < 4.78 is 23.3. The maximum absolute atomic E-state index is 13.6. The van der Waals surface area contributed by atoms with Crippen LogP contribution in [0.25, 0.3) is 5.69 Å². The van der Waals surface area contributed by atoms with Crippen molar-refractivity contribution >= 4 is 11.8 Å². The van der Waals surface area contributed by atoms with E-state index in [9.17, 15) is 14.0 Å². The zero-order valence-electron chi connectivity index (χ0n) is 13.8. The number of esters is 1. The van der Waals surface area contributed by atoms with E-state index in [1.54, 1.807) is 12.1 Å². The quantitative estimate of drug-likeness (QED) is 0.499. The SMILES string of the molecule is COc1ccc(C(=O)COC(=O)c2cnn(-c3ccccc3)n2)cc1F. The van der Waals surface area contributed by atoms with Gasteiger partial charge < -0.3 is 9.47 Å². The van der Waals surface area contributed by atoms with Crippen LogP contribution in [0, 0.1) is 5.82 Å². The van der Waals surface area contributed by atoms with Crippen molar-refractivity contribution < 1.29 is 23.5 Å². The van der Waals surface area contributed by atoms with Crippen LogP contribution in [0.3, 0.4) is 0 Å². The van der Waals surface area contributed by atoms with Gasteiger partial charge in [-0.2, -0.15) is 9.90 Å². The lowest BCUT2D eigenvalue weighted by atomic mass is 10.1. The van der Waals surface area contributed by atoms with Gasteiger partial charge >= 0.3 is 5.97 Å². The molecule has 0 bridgehead atoms. The third-order valence-corrected chi connectivity index (χ3v) is 3.50. The van der Waals surface area contributed by atoms with Crippen molar-refractivity contribution in [3.05, 3.63) is 71.8 Å². The number of halogens is 1. The number of benzene rings is 2. The summed E-state index contributed by atoms with van der Waals surface area (Å²) in [7, 11) is 1.32. The molecule has 0 aliphatic carbocycles. The van der Waals surface area contributed by atoms with E-state index in [4.69, 9.17) is 9.47 Å². The number of rotatable bonds is 6. The normalized spacial score (nSPS) is 10.4. The van der Waals surface area contributed by atoms with E-state index in [1.807, 2.05) is 18.2 Å². The molecule has 3 rings (SSSR count). The van der Waals surface area contributed by atoms with Gasteiger partial charge in [0.1, 0.15) is 0 Å². The van der Waals surface area contributed by atoms with Crippen molar-refractivity contribution in [1.82, 2.24) is 15.0 Å². The van der Waals surface area contributed by atoms with Crippen molar-refractivity contribution in [2.45, 2.75) is 0 Å². The van der Waals surface area contributed by atoms with Crippen molar-refractivity contribution in [2.24, 2.45) is 0 Å². The van der Waals surface area contributed by atoms with Crippen LogP contribution < -0.4 is 4.74 Å². The molecule has 1 aromatic heterocycles. The van der Waals surface area contributed by atoms with Gasteiger partial charge in [0.05, 0.1) is 19.0 Å². The smallest absolute Gasteiger partial charge is 0.361 e. The van der Waals surface area contributed by atoms with E-state index in [1.165, 1.54) is 30.2 Å². The summed E-state index contributed by atoms with van der Waals surface area (Å²) in [4.78, 5) is 25.3. The molecule has 1 heterocycles. The molecular formula is C18H14FN3O4. The van der Waals surface area contributed by atoms with Crippen LogP contribution in [-0.2, 0) is 4.74 Å². The van der Waals surface area contributed by atoms with Gasteiger partial charge in [-0.1, -0.05) is 18.2 Å². The summed E-state index contributed by atoms with van der Waals surface area (Å²) in [5, 5.41) is 7.99. The summed E-state index contributed by atoms with van der Waals surface area (Å²) in [5.41, 5.74) is 0.711. The molecule has 0 spiro atoms. The monoisotopic (exact) mass is 355 g/mol. The molecule has 0 fully saturated rings. The minimum atomic E-state index is -0.797. The molecular weight excluding hydrogens is 341 g/mol. The summed E-state index contributed by atoms with van der Waals surface area (Å²) in [6.07, 6.45) is 1.24. The second-order valence-electron chi connectivity index (χ2n) is 5.20. The Hall–Kier alpha value is -3.55. The maximum atomic E-state index is 13.6. The van der Waals surface area contributed by atoms with Crippen LogP contribution in [-0.4, -0.2) is 40.5 Å². The van der Waals surface area contributed by atoms with Crippen LogP contribution in [0.1, 0.15) is 20.8 Å². The summed E-state index contributed by atoms with van der Waals surface area (Å²) in [5.74, 6) is -1.99. The van der Waals surface area contributed by atoms with Gasteiger partial charge in [-0.05, 0) is 30.3 Å². The fourth-order valence-corrected chi connectivity index (χ4v) is 2.17. The van der Waals surface area contributed by atoms with E-state index in [0.717, 1.165) is 6.07 Å². The van der Waals surface area contributed by atoms with Crippen LogP contribution in [0.15, 0.2) is 54.7 Å². The molecule has 8 heteroatoms. The Labute approximate surface area is 148 Å². The Morgan fingerprint density at radius 3 is 2.62 bits per heavy atom. The van der Waals surface area contributed by atoms with Crippen LogP contribution in [0.2, 0.25) is 0 Å². The number of ether oxygens (including phenoxy) is 2. The molecule has 0 atom stereocenters. The molecule has 0 aliphatic rings. The number of aromatic nitrogens is 3. The number of carbonyl (C=O) groups is 2. The fourth-order valence-electron chi connectivity index (χ4n) is 2.17. The number of carbonyl (C=O) groups excluding carboxylic acids is 2. The molecule has 0 amide bonds. The maximum Gasteiger partial charge on any atom is 0.361 e. The van der Waals surface area contributed by atoms with Gasteiger partial charge in [0.2, 0.25) is 0 Å².